The zero-order chi connectivity index (χ0) is 12.8. The molecule has 1 amide bonds. The third kappa shape index (κ3) is 3.94. The van der Waals surface area contributed by atoms with Crippen LogP contribution >= 0.6 is 0 Å². The molecule has 1 heterocycles. The number of hydrogen-bond donors (Lipinski definition) is 2. The molecule has 1 saturated heterocycles. The largest absolute Gasteiger partial charge is 0.394 e. The maximum Gasteiger partial charge on any atom is 0.223 e. The van der Waals surface area contributed by atoms with Gasteiger partial charge in [0.05, 0.1) is 25.4 Å². The van der Waals surface area contributed by atoms with Crippen LogP contribution in [0.2, 0.25) is 0 Å². The van der Waals surface area contributed by atoms with E-state index in [9.17, 15) is 4.79 Å². The van der Waals surface area contributed by atoms with Crippen LogP contribution in [-0.2, 0) is 9.53 Å². The molecule has 5 heteroatoms. The Morgan fingerprint density at radius 1 is 1.65 bits per heavy atom. The number of morpholine rings is 1. The summed E-state index contributed by atoms with van der Waals surface area (Å²) in [6.45, 7) is 5.50. The number of carbonyl (C=O) groups excluding carboxylic acids is 1. The SMILES string of the molecule is CCC(CN)CC(=O)N1CC(CO)OCC1C. The predicted octanol–water partition coefficient (Wildman–Crippen LogP) is -0.0304. The van der Waals surface area contributed by atoms with Crippen LogP contribution < -0.4 is 5.73 Å². The number of rotatable bonds is 5. The molecule has 0 radical (unpaired) electrons. The fraction of sp³-hybridized carbons (Fsp3) is 0.917. The van der Waals surface area contributed by atoms with Crippen molar-refractivity contribution in [3.8, 4) is 0 Å². The molecule has 17 heavy (non-hydrogen) atoms. The van der Waals surface area contributed by atoms with E-state index in [1.807, 2.05) is 18.7 Å². The lowest BCUT2D eigenvalue weighted by atomic mass is 10.0. The number of aliphatic hydroxyl groups excluding tert-OH is 1. The van der Waals surface area contributed by atoms with Crippen molar-refractivity contribution >= 4 is 5.91 Å². The molecule has 1 aliphatic rings. The van der Waals surface area contributed by atoms with E-state index >= 15 is 0 Å². The first-order valence-corrected chi connectivity index (χ1v) is 6.34. The monoisotopic (exact) mass is 244 g/mol. The summed E-state index contributed by atoms with van der Waals surface area (Å²) in [7, 11) is 0. The molecule has 1 fully saturated rings. The van der Waals surface area contributed by atoms with Gasteiger partial charge in [-0.1, -0.05) is 13.3 Å². The number of aliphatic hydroxyl groups is 1. The third-order valence-electron chi connectivity index (χ3n) is 3.40. The van der Waals surface area contributed by atoms with Crippen molar-refractivity contribution in [2.24, 2.45) is 11.7 Å². The summed E-state index contributed by atoms with van der Waals surface area (Å²) in [4.78, 5) is 13.9. The molecule has 3 N–H and O–H groups in total. The van der Waals surface area contributed by atoms with Crippen LogP contribution in [-0.4, -0.2) is 54.4 Å². The minimum Gasteiger partial charge on any atom is -0.394 e. The summed E-state index contributed by atoms with van der Waals surface area (Å²) in [5.41, 5.74) is 5.61. The standard InChI is InChI=1S/C12H24N2O3/c1-3-10(5-13)4-12(16)14-6-11(7-15)17-8-9(14)2/h9-11,15H,3-8,13H2,1-2H3. The fourth-order valence-electron chi connectivity index (χ4n) is 2.03. The first-order valence-electron chi connectivity index (χ1n) is 6.34. The summed E-state index contributed by atoms with van der Waals surface area (Å²) in [5.74, 6) is 0.377. The average Bonchev–Trinajstić information content (AvgIpc) is 2.36. The van der Waals surface area contributed by atoms with Crippen molar-refractivity contribution in [1.82, 2.24) is 4.90 Å². The molecular weight excluding hydrogens is 220 g/mol. The van der Waals surface area contributed by atoms with Gasteiger partial charge in [0.2, 0.25) is 5.91 Å². The lowest BCUT2D eigenvalue weighted by Gasteiger charge is -2.38. The number of ether oxygens (including phenoxy) is 1. The highest BCUT2D eigenvalue weighted by atomic mass is 16.5. The van der Waals surface area contributed by atoms with Crippen molar-refractivity contribution in [1.29, 1.82) is 0 Å². The first kappa shape index (κ1) is 14.4. The number of amides is 1. The smallest absolute Gasteiger partial charge is 0.223 e. The number of nitrogens with two attached hydrogens (primary N) is 1. The lowest BCUT2D eigenvalue weighted by Crippen LogP contribution is -2.52. The summed E-state index contributed by atoms with van der Waals surface area (Å²) in [6.07, 6.45) is 1.17. The van der Waals surface area contributed by atoms with E-state index < -0.39 is 0 Å². The van der Waals surface area contributed by atoms with Crippen LogP contribution in [0.5, 0.6) is 0 Å². The minimum absolute atomic E-state index is 0.0371. The molecule has 1 aliphatic heterocycles. The van der Waals surface area contributed by atoms with Crippen LogP contribution in [0.15, 0.2) is 0 Å². The van der Waals surface area contributed by atoms with Crippen molar-refractivity contribution in [3.05, 3.63) is 0 Å². The Hall–Kier alpha value is -0.650. The van der Waals surface area contributed by atoms with Gasteiger partial charge < -0.3 is 20.5 Å². The van der Waals surface area contributed by atoms with Crippen molar-refractivity contribution in [2.75, 3.05) is 26.3 Å². The molecular formula is C12H24N2O3. The van der Waals surface area contributed by atoms with Crippen LogP contribution in [0.1, 0.15) is 26.7 Å². The van der Waals surface area contributed by atoms with Gasteiger partial charge in [0.15, 0.2) is 0 Å². The predicted molar refractivity (Wildman–Crippen MR) is 65.5 cm³/mol. The second kappa shape index (κ2) is 6.93. The van der Waals surface area contributed by atoms with Crippen LogP contribution in [0, 0.1) is 5.92 Å². The molecule has 0 aromatic rings. The molecule has 1 rings (SSSR count). The second-order valence-electron chi connectivity index (χ2n) is 4.75. The van der Waals surface area contributed by atoms with Crippen molar-refractivity contribution in [2.45, 2.75) is 38.8 Å². The van der Waals surface area contributed by atoms with E-state index in [0.29, 0.717) is 26.1 Å². The second-order valence-corrected chi connectivity index (χ2v) is 4.75. The topological polar surface area (TPSA) is 75.8 Å². The van der Waals surface area contributed by atoms with Gasteiger partial charge in [-0.3, -0.25) is 4.79 Å². The summed E-state index contributed by atoms with van der Waals surface area (Å²) in [6, 6.07) is 0.0839. The van der Waals surface area contributed by atoms with Crippen molar-refractivity contribution in [3.63, 3.8) is 0 Å². The molecule has 3 unspecified atom stereocenters. The fourth-order valence-corrected chi connectivity index (χ4v) is 2.03. The molecule has 0 aromatic carbocycles. The highest BCUT2D eigenvalue weighted by molar-refractivity contribution is 5.77. The highest BCUT2D eigenvalue weighted by Gasteiger charge is 2.29. The maximum absolute atomic E-state index is 12.1. The van der Waals surface area contributed by atoms with E-state index in [1.54, 1.807) is 0 Å². The Labute approximate surface area is 103 Å². The van der Waals surface area contributed by atoms with Gasteiger partial charge in [-0.15, -0.1) is 0 Å². The average molecular weight is 244 g/mol. The molecule has 100 valence electrons. The molecule has 0 spiro atoms. The Kier molecular flexibility index (Phi) is 5.88. The van der Waals surface area contributed by atoms with Gasteiger partial charge in [0, 0.05) is 13.0 Å². The number of hydrogen-bond acceptors (Lipinski definition) is 4. The lowest BCUT2D eigenvalue weighted by molar-refractivity contribution is -0.147. The summed E-state index contributed by atoms with van der Waals surface area (Å²) >= 11 is 0. The van der Waals surface area contributed by atoms with Crippen molar-refractivity contribution < 1.29 is 14.6 Å². The Morgan fingerprint density at radius 3 is 2.88 bits per heavy atom. The van der Waals surface area contributed by atoms with E-state index in [1.165, 1.54) is 0 Å². The summed E-state index contributed by atoms with van der Waals surface area (Å²) < 4.78 is 5.41. The first-order chi connectivity index (χ1) is 8.12. The molecule has 0 saturated carbocycles. The van der Waals surface area contributed by atoms with Gasteiger partial charge in [-0.25, -0.2) is 0 Å². The summed E-state index contributed by atoms with van der Waals surface area (Å²) in [5, 5.41) is 9.07. The Morgan fingerprint density at radius 2 is 2.35 bits per heavy atom. The van der Waals surface area contributed by atoms with Gasteiger partial charge in [-0.05, 0) is 19.4 Å². The quantitative estimate of drug-likeness (QED) is 0.712. The maximum atomic E-state index is 12.1. The van der Waals surface area contributed by atoms with Crippen LogP contribution in [0.3, 0.4) is 0 Å². The zero-order valence-corrected chi connectivity index (χ0v) is 10.8. The van der Waals surface area contributed by atoms with E-state index in [2.05, 4.69) is 0 Å². The van der Waals surface area contributed by atoms with Gasteiger partial charge in [-0.2, -0.15) is 0 Å². The normalized spacial score (nSPS) is 26.9. The van der Waals surface area contributed by atoms with Crippen LogP contribution in [0.4, 0.5) is 0 Å². The van der Waals surface area contributed by atoms with E-state index in [4.69, 9.17) is 15.6 Å². The molecule has 3 atom stereocenters. The third-order valence-corrected chi connectivity index (χ3v) is 3.40. The highest BCUT2D eigenvalue weighted by Crippen LogP contribution is 2.16. The Bertz CT molecular complexity index is 244. The zero-order valence-electron chi connectivity index (χ0n) is 10.8. The van der Waals surface area contributed by atoms with E-state index in [-0.39, 0.29) is 30.6 Å². The Balaban J connectivity index is 2.53. The van der Waals surface area contributed by atoms with Gasteiger partial charge in [0.1, 0.15) is 0 Å². The van der Waals surface area contributed by atoms with Gasteiger partial charge >= 0.3 is 0 Å². The molecule has 0 aromatic heterocycles. The number of nitrogens with zero attached hydrogens (tertiary/aromatic N) is 1. The van der Waals surface area contributed by atoms with E-state index in [0.717, 1.165) is 6.42 Å². The molecule has 5 nitrogen and oxygen atoms in total. The van der Waals surface area contributed by atoms with Crippen LogP contribution in [0.25, 0.3) is 0 Å². The molecule has 0 aliphatic carbocycles. The van der Waals surface area contributed by atoms with Gasteiger partial charge in [0.25, 0.3) is 0 Å². The minimum atomic E-state index is -0.242. The molecule has 0 bridgehead atoms. The number of carbonyl (C=O) groups is 1.